The summed E-state index contributed by atoms with van der Waals surface area (Å²) < 4.78 is 67.9. The Morgan fingerprint density at radius 2 is 1.33 bits per heavy atom. The summed E-state index contributed by atoms with van der Waals surface area (Å²) >= 11 is 0.00461. The Hall–Kier alpha value is 0.310. The van der Waals surface area contributed by atoms with Crippen molar-refractivity contribution in [2.45, 2.75) is 29.1 Å². The fourth-order valence-corrected chi connectivity index (χ4v) is 0.824. The summed E-state index contributed by atoms with van der Waals surface area (Å²) in [6.07, 6.45) is -1.32. The monoisotopic (exact) mass is 306 g/mol. The molecule has 0 nitrogen and oxygen atoms in total. The van der Waals surface area contributed by atoms with Crippen molar-refractivity contribution in [3.05, 3.63) is 0 Å². The number of hydrogen-bond donors (Lipinski definition) is 0. The van der Waals surface area contributed by atoms with Gasteiger partial charge in [-0.2, -0.15) is 26.3 Å². The lowest BCUT2D eigenvalue weighted by atomic mass is 10.1. The second-order valence-electron chi connectivity index (χ2n) is 2.13. The molecule has 0 heterocycles. The zero-order valence-corrected chi connectivity index (χ0v) is 8.01. The van der Waals surface area contributed by atoms with Gasteiger partial charge in [-0.3, -0.25) is 0 Å². The van der Waals surface area contributed by atoms with Gasteiger partial charge in [-0.15, -0.1) is 0 Å². The predicted molar refractivity (Wildman–Crippen MR) is 39.2 cm³/mol. The fraction of sp³-hybridized carbons (Fsp3) is 1.00. The lowest BCUT2D eigenvalue weighted by Gasteiger charge is -2.28. The van der Waals surface area contributed by atoms with E-state index in [1.54, 1.807) is 0 Å². The largest absolute Gasteiger partial charge is 0.381 e. The maximum absolute atomic E-state index is 12.2. The molecule has 0 aliphatic heterocycles. The van der Waals surface area contributed by atoms with Crippen LogP contribution >= 0.6 is 22.6 Å². The minimum absolute atomic E-state index is 0.00461. The van der Waals surface area contributed by atoms with Crippen molar-refractivity contribution < 1.29 is 26.3 Å². The van der Waals surface area contributed by atoms with E-state index < -0.39 is 22.2 Å². The molecule has 0 fully saturated rings. The number of hydrogen-bond acceptors (Lipinski definition) is 0. The molecular weight excluding hydrogens is 301 g/mol. The Labute approximate surface area is 78.5 Å². The molecule has 0 aromatic rings. The molecule has 0 rings (SSSR count). The molecule has 0 bridgehead atoms. The van der Waals surface area contributed by atoms with Crippen molar-refractivity contribution >= 4 is 22.6 Å². The molecule has 12 heavy (non-hydrogen) atoms. The molecule has 0 radical (unpaired) electrons. The molecule has 0 aromatic heterocycles. The van der Waals surface area contributed by atoms with Crippen LogP contribution in [0.4, 0.5) is 26.3 Å². The summed E-state index contributed by atoms with van der Waals surface area (Å²) in [5, 5.41) is 0. The van der Waals surface area contributed by atoms with Gasteiger partial charge in [0, 0.05) is 29.0 Å². The van der Waals surface area contributed by atoms with Gasteiger partial charge in [0.15, 0.2) is 0 Å². The topological polar surface area (TPSA) is 0 Å². The van der Waals surface area contributed by atoms with Gasteiger partial charge in [0.2, 0.25) is 0 Å². The first-order chi connectivity index (χ1) is 5.06. The molecule has 0 aliphatic rings. The van der Waals surface area contributed by atoms with Crippen LogP contribution in [0, 0.1) is 0 Å². The van der Waals surface area contributed by atoms with E-state index in [9.17, 15) is 26.3 Å². The highest BCUT2D eigenvalue weighted by atomic mass is 127. The summed E-state index contributed by atoms with van der Waals surface area (Å²) in [7, 11) is 0. The standard InChI is InChI=1S/C5H5F6I/c1-2-3(6,7)4(8,9)5(10,11)12/h2H2,1H3. The molecule has 0 aromatic carbocycles. The van der Waals surface area contributed by atoms with E-state index in [-0.39, 0.29) is 22.6 Å². The molecule has 0 spiro atoms. The first-order valence-corrected chi connectivity index (χ1v) is 3.96. The molecule has 0 N–H and O–H groups in total. The molecule has 74 valence electrons. The van der Waals surface area contributed by atoms with Crippen LogP contribution in [0.1, 0.15) is 13.3 Å². The van der Waals surface area contributed by atoms with E-state index >= 15 is 0 Å². The van der Waals surface area contributed by atoms with Crippen molar-refractivity contribution in [2.24, 2.45) is 0 Å². The van der Waals surface area contributed by atoms with E-state index in [0.717, 1.165) is 6.92 Å². The molecule has 0 aliphatic carbocycles. The third-order valence-corrected chi connectivity index (χ3v) is 1.94. The van der Waals surface area contributed by atoms with Gasteiger partial charge in [0.25, 0.3) is 0 Å². The minimum atomic E-state index is -5.30. The SMILES string of the molecule is CCC(F)(F)C(F)(F)C(F)(F)I. The van der Waals surface area contributed by atoms with Gasteiger partial charge in [-0.05, 0) is 0 Å². The average Bonchev–Trinajstić information content (AvgIpc) is 1.85. The average molecular weight is 306 g/mol. The van der Waals surface area contributed by atoms with E-state index in [2.05, 4.69) is 0 Å². The highest BCUT2D eigenvalue weighted by Gasteiger charge is 2.69. The molecular formula is C5H5F6I. The Bertz CT molecular complexity index is 160. The zero-order chi connectivity index (χ0) is 10.2. The quantitative estimate of drug-likeness (QED) is 0.424. The van der Waals surface area contributed by atoms with Crippen molar-refractivity contribution in [3.63, 3.8) is 0 Å². The Balaban J connectivity index is 4.85. The highest BCUT2D eigenvalue weighted by molar-refractivity contribution is 14.1. The van der Waals surface area contributed by atoms with E-state index in [0.29, 0.717) is 0 Å². The van der Waals surface area contributed by atoms with Crippen LogP contribution in [-0.4, -0.2) is 15.8 Å². The summed E-state index contributed by atoms with van der Waals surface area (Å²) in [4.78, 5) is 0. The van der Waals surface area contributed by atoms with Crippen LogP contribution in [0.2, 0.25) is 0 Å². The summed E-state index contributed by atoms with van der Waals surface area (Å²) in [5.74, 6) is -9.97. The summed E-state index contributed by atoms with van der Waals surface area (Å²) in [6.45, 7) is 0.719. The van der Waals surface area contributed by atoms with Crippen LogP contribution in [0.25, 0.3) is 0 Å². The van der Waals surface area contributed by atoms with Crippen LogP contribution < -0.4 is 0 Å². The van der Waals surface area contributed by atoms with Crippen molar-refractivity contribution in [3.8, 4) is 0 Å². The first kappa shape index (κ1) is 12.3. The molecule has 0 saturated carbocycles. The van der Waals surface area contributed by atoms with Crippen molar-refractivity contribution in [1.82, 2.24) is 0 Å². The van der Waals surface area contributed by atoms with Crippen LogP contribution in [0.15, 0.2) is 0 Å². The predicted octanol–water partition coefficient (Wildman–Crippen LogP) is 3.69. The maximum atomic E-state index is 12.2. The van der Waals surface area contributed by atoms with Gasteiger partial charge in [-0.25, -0.2) is 0 Å². The lowest BCUT2D eigenvalue weighted by Crippen LogP contribution is -2.50. The van der Waals surface area contributed by atoms with Crippen molar-refractivity contribution in [1.29, 1.82) is 0 Å². The van der Waals surface area contributed by atoms with Crippen LogP contribution in [0.5, 0.6) is 0 Å². The fourth-order valence-electron chi connectivity index (χ4n) is 0.429. The summed E-state index contributed by atoms with van der Waals surface area (Å²) in [5.41, 5.74) is 0. The van der Waals surface area contributed by atoms with Crippen LogP contribution in [-0.2, 0) is 0 Å². The van der Waals surface area contributed by atoms with Gasteiger partial charge in [-0.1, -0.05) is 6.92 Å². The number of halogens is 7. The summed E-state index contributed by atoms with van der Waals surface area (Å²) in [6, 6.07) is 0. The van der Waals surface area contributed by atoms with E-state index in [1.807, 2.05) is 0 Å². The molecule has 0 unspecified atom stereocenters. The molecule has 0 saturated heterocycles. The number of alkyl halides is 7. The zero-order valence-electron chi connectivity index (χ0n) is 5.85. The first-order valence-electron chi connectivity index (χ1n) is 2.88. The Morgan fingerprint density at radius 3 is 1.42 bits per heavy atom. The Kier molecular flexibility index (Phi) is 3.31. The highest BCUT2D eigenvalue weighted by Crippen LogP contribution is 2.50. The number of rotatable bonds is 3. The van der Waals surface area contributed by atoms with Gasteiger partial charge in [0.05, 0.1) is 0 Å². The third-order valence-electron chi connectivity index (χ3n) is 1.26. The van der Waals surface area contributed by atoms with Gasteiger partial charge in [0.1, 0.15) is 0 Å². The van der Waals surface area contributed by atoms with Gasteiger partial charge < -0.3 is 0 Å². The second kappa shape index (κ2) is 3.22. The lowest BCUT2D eigenvalue weighted by molar-refractivity contribution is -0.270. The van der Waals surface area contributed by atoms with Crippen molar-refractivity contribution in [2.75, 3.05) is 0 Å². The normalized spacial score (nSPS) is 15.0. The maximum Gasteiger partial charge on any atom is 0.381 e. The Morgan fingerprint density at radius 1 is 1.00 bits per heavy atom. The third kappa shape index (κ3) is 1.97. The molecule has 0 amide bonds. The smallest absolute Gasteiger partial charge is 0.200 e. The molecule has 7 heteroatoms. The molecule has 0 atom stereocenters. The van der Waals surface area contributed by atoms with E-state index in [4.69, 9.17) is 0 Å². The van der Waals surface area contributed by atoms with Crippen LogP contribution in [0.3, 0.4) is 0 Å². The second-order valence-corrected chi connectivity index (χ2v) is 3.48. The van der Waals surface area contributed by atoms with E-state index in [1.165, 1.54) is 0 Å². The minimum Gasteiger partial charge on any atom is -0.200 e. The van der Waals surface area contributed by atoms with Gasteiger partial charge >= 0.3 is 15.8 Å².